The number of ether oxygens (including phenoxy) is 1. The maximum absolute atomic E-state index is 11.0. The van der Waals surface area contributed by atoms with E-state index in [9.17, 15) is 9.90 Å². The Balaban J connectivity index is 2.53. The molecule has 0 aliphatic heterocycles. The molecular weight excluding hydrogens is 180 g/mol. The largest absolute Gasteiger partial charge is 0.430 e. The molecule has 0 heterocycles. The highest BCUT2D eigenvalue weighted by molar-refractivity contribution is 5.81. The van der Waals surface area contributed by atoms with Crippen LogP contribution in [0.3, 0.4) is 0 Å². The third-order valence-corrected chi connectivity index (χ3v) is 2.84. The van der Waals surface area contributed by atoms with Crippen molar-refractivity contribution in [2.24, 2.45) is 5.92 Å². The molecule has 80 valence electrons. The van der Waals surface area contributed by atoms with Gasteiger partial charge in [-0.15, -0.1) is 0 Å². The van der Waals surface area contributed by atoms with Gasteiger partial charge >= 0.3 is 5.97 Å². The second-order valence-electron chi connectivity index (χ2n) is 4.01. The fourth-order valence-electron chi connectivity index (χ4n) is 1.97. The van der Waals surface area contributed by atoms with Crippen molar-refractivity contribution in [3.63, 3.8) is 0 Å². The molecule has 1 N–H and O–H groups in total. The van der Waals surface area contributed by atoms with Gasteiger partial charge in [0.1, 0.15) is 0 Å². The summed E-state index contributed by atoms with van der Waals surface area (Å²) in [7, 11) is 0. The van der Waals surface area contributed by atoms with E-state index in [0.29, 0.717) is 0 Å². The first kappa shape index (κ1) is 11.2. The highest BCUT2D eigenvalue weighted by atomic mass is 16.7. The average Bonchev–Trinajstić information content (AvgIpc) is 2.18. The molecule has 0 spiro atoms. The van der Waals surface area contributed by atoms with Crippen LogP contribution in [-0.2, 0) is 9.53 Å². The molecule has 1 saturated carbocycles. The summed E-state index contributed by atoms with van der Waals surface area (Å²) >= 11 is 0. The van der Waals surface area contributed by atoms with E-state index in [4.69, 9.17) is 4.74 Å². The van der Waals surface area contributed by atoms with Crippen LogP contribution in [-0.4, -0.2) is 16.9 Å². The molecule has 1 aliphatic rings. The molecule has 0 radical (unpaired) electrons. The number of carbonyl (C=O) groups is 1. The van der Waals surface area contributed by atoms with Crippen molar-refractivity contribution < 1.29 is 14.6 Å². The summed E-state index contributed by atoms with van der Waals surface area (Å²) in [6.07, 6.45) is 6.35. The first-order chi connectivity index (χ1) is 6.56. The van der Waals surface area contributed by atoms with E-state index in [1.807, 2.05) is 0 Å². The quantitative estimate of drug-likeness (QED) is 0.428. The van der Waals surface area contributed by atoms with Crippen LogP contribution in [0, 0.1) is 5.92 Å². The van der Waals surface area contributed by atoms with Gasteiger partial charge in [-0.1, -0.05) is 25.8 Å². The molecule has 1 unspecified atom stereocenters. The lowest BCUT2D eigenvalue weighted by molar-refractivity contribution is -0.222. The van der Waals surface area contributed by atoms with Crippen LogP contribution < -0.4 is 0 Å². The zero-order chi connectivity index (χ0) is 10.6. The number of carbonyl (C=O) groups excluding carboxylic acids is 1. The van der Waals surface area contributed by atoms with Gasteiger partial charge in [-0.05, 0) is 12.8 Å². The van der Waals surface area contributed by atoms with Gasteiger partial charge in [0.15, 0.2) is 0 Å². The van der Waals surface area contributed by atoms with E-state index < -0.39 is 11.8 Å². The van der Waals surface area contributed by atoms with Gasteiger partial charge in [-0.3, -0.25) is 0 Å². The Kier molecular flexibility index (Phi) is 3.69. The summed E-state index contributed by atoms with van der Waals surface area (Å²) < 4.78 is 4.93. The number of aliphatic hydroxyl groups is 1. The number of rotatable bonds is 3. The molecule has 3 nitrogen and oxygen atoms in total. The fraction of sp³-hybridized carbons (Fsp3) is 0.727. The molecule has 1 rings (SSSR count). The standard InChI is InChI=1S/C11H18O3/c1-3-10(12)14-11(2,13)9-7-5-4-6-8-9/h3,9,13H,1,4-8H2,2H3. The van der Waals surface area contributed by atoms with Crippen molar-refractivity contribution in [3.8, 4) is 0 Å². The van der Waals surface area contributed by atoms with Crippen LogP contribution >= 0.6 is 0 Å². The maximum atomic E-state index is 11.0. The van der Waals surface area contributed by atoms with Crippen LogP contribution in [0.1, 0.15) is 39.0 Å². The predicted molar refractivity (Wildman–Crippen MR) is 53.5 cm³/mol. The van der Waals surface area contributed by atoms with Crippen molar-refractivity contribution in [2.75, 3.05) is 0 Å². The molecule has 0 aromatic heterocycles. The predicted octanol–water partition coefficient (Wildman–Crippen LogP) is 2.00. The van der Waals surface area contributed by atoms with Gasteiger partial charge in [0.25, 0.3) is 0 Å². The highest BCUT2D eigenvalue weighted by Gasteiger charge is 2.35. The molecule has 0 aromatic carbocycles. The molecule has 0 bridgehead atoms. The third-order valence-electron chi connectivity index (χ3n) is 2.84. The van der Waals surface area contributed by atoms with E-state index >= 15 is 0 Å². The molecule has 3 heteroatoms. The Labute approximate surface area is 84.8 Å². The maximum Gasteiger partial charge on any atom is 0.332 e. The van der Waals surface area contributed by atoms with Gasteiger partial charge in [-0.2, -0.15) is 0 Å². The van der Waals surface area contributed by atoms with E-state index in [1.54, 1.807) is 6.92 Å². The summed E-state index contributed by atoms with van der Waals surface area (Å²) in [5.41, 5.74) is 0. The van der Waals surface area contributed by atoms with Crippen LogP contribution in [0.15, 0.2) is 12.7 Å². The summed E-state index contributed by atoms with van der Waals surface area (Å²) in [5, 5.41) is 9.95. The Morgan fingerprint density at radius 1 is 1.50 bits per heavy atom. The molecule has 0 aromatic rings. The first-order valence-corrected chi connectivity index (χ1v) is 5.14. The molecule has 14 heavy (non-hydrogen) atoms. The lowest BCUT2D eigenvalue weighted by Gasteiger charge is -2.34. The van der Waals surface area contributed by atoms with Crippen molar-refractivity contribution in [3.05, 3.63) is 12.7 Å². The van der Waals surface area contributed by atoms with Gasteiger partial charge in [0, 0.05) is 18.9 Å². The summed E-state index contributed by atoms with van der Waals surface area (Å²) in [5.74, 6) is -1.81. The summed E-state index contributed by atoms with van der Waals surface area (Å²) in [6.45, 7) is 4.86. The minimum absolute atomic E-state index is 0.0696. The summed E-state index contributed by atoms with van der Waals surface area (Å²) in [4.78, 5) is 11.0. The van der Waals surface area contributed by atoms with Gasteiger partial charge in [0.2, 0.25) is 5.79 Å². The SMILES string of the molecule is C=CC(=O)OC(C)(O)C1CCCCC1. The lowest BCUT2D eigenvalue weighted by atomic mass is 9.84. The molecule has 0 saturated heterocycles. The average molecular weight is 198 g/mol. The molecule has 1 atom stereocenters. The van der Waals surface area contributed by atoms with E-state index in [-0.39, 0.29) is 5.92 Å². The van der Waals surface area contributed by atoms with Gasteiger partial charge in [-0.25, -0.2) is 4.79 Å². The first-order valence-electron chi connectivity index (χ1n) is 5.14. The normalized spacial score (nSPS) is 22.4. The highest BCUT2D eigenvalue weighted by Crippen LogP contribution is 2.33. The molecule has 0 amide bonds. The van der Waals surface area contributed by atoms with E-state index in [2.05, 4.69) is 6.58 Å². The van der Waals surface area contributed by atoms with Crippen molar-refractivity contribution in [1.29, 1.82) is 0 Å². The zero-order valence-corrected chi connectivity index (χ0v) is 8.66. The molecular formula is C11H18O3. The smallest absolute Gasteiger partial charge is 0.332 e. The minimum Gasteiger partial charge on any atom is -0.430 e. The third kappa shape index (κ3) is 2.84. The summed E-state index contributed by atoms with van der Waals surface area (Å²) in [6, 6.07) is 0. The monoisotopic (exact) mass is 198 g/mol. The Hall–Kier alpha value is -0.830. The van der Waals surface area contributed by atoms with Crippen molar-refractivity contribution in [2.45, 2.75) is 44.8 Å². The van der Waals surface area contributed by atoms with Crippen LogP contribution in [0.4, 0.5) is 0 Å². The van der Waals surface area contributed by atoms with Crippen LogP contribution in [0.25, 0.3) is 0 Å². The van der Waals surface area contributed by atoms with Crippen LogP contribution in [0.2, 0.25) is 0 Å². The van der Waals surface area contributed by atoms with Crippen molar-refractivity contribution in [1.82, 2.24) is 0 Å². The van der Waals surface area contributed by atoms with Gasteiger partial charge in [0.05, 0.1) is 0 Å². The number of esters is 1. The number of hydrogen-bond donors (Lipinski definition) is 1. The second-order valence-corrected chi connectivity index (χ2v) is 4.01. The van der Waals surface area contributed by atoms with Crippen molar-refractivity contribution >= 4 is 5.97 Å². The van der Waals surface area contributed by atoms with E-state index in [0.717, 1.165) is 31.8 Å². The lowest BCUT2D eigenvalue weighted by Crippen LogP contribution is -2.40. The Bertz CT molecular complexity index is 215. The Morgan fingerprint density at radius 3 is 2.57 bits per heavy atom. The van der Waals surface area contributed by atoms with E-state index in [1.165, 1.54) is 6.42 Å². The zero-order valence-electron chi connectivity index (χ0n) is 8.66. The van der Waals surface area contributed by atoms with Gasteiger partial charge < -0.3 is 9.84 Å². The minimum atomic E-state index is -1.33. The molecule has 1 aliphatic carbocycles. The molecule has 1 fully saturated rings. The topological polar surface area (TPSA) is 46.5 Å². The second kappa shape index (κ2) is 4.60. The fourth-order valence-corrected chi connectivity index (χ4v) is 1.97. The number of hydrogen-bond acceptors (Lipinski definition) is 3. The Morgan fingerprint density at radius 2 is 2.07 bits per heavy atom. The van der Waals surface area contributed by atoms with Crippen LogP contribution in [0.5, 0.6) is 0 Å².